The lowest BCUT2D eigenvalue weighted by atomic mass is 9.87. The molecule has 0 aromatic carbocycles. The van der Waals surface area contributed by atoms with Crippen molar-refractivity contribution in [3.05, 3.63) is 11.6 Å². The molecule has 1 aliphatic heterocycles. The third kappa shape index (κ3) is 4.50. The van der Waals surface area contributed by atoms with Crippen LogP contribution in [0.1, 0.15) is 33.6 Å². The van der Waals surface area contributed by atoms with Crippen molar-refractivity contribution in [3.8, 4) is 0 Å². The largest absolute Gasteiger partial charge is 0.466 e. The number of methoxy groups -OCH3 is 1. The smallest absolute Gasteiger partial charge is 0.333 e. The molecule has 0 spiro atoms. The highest BCUT2D eigenvalue weighted by molar-refractivity contribution is 5.87. The van der Waals surface area contributed by atoms with Crippen molar-refractivity contribution in [2.24, 2.45) is 11.8 Å². The first-order chi connectivity index (χ1) is 8.04. The second-order valence-corrected chi connectivity index (χ2v) is 5.26. The molecule has 0 aromatic rings. The molecule has 0 aromatic heterocycles. The Morgan fingerprint density at radius 3 is 2.47 bits per heavy atom. The molecule has 0 atom stereocenters. The van der Waals surface area contributed by atoms with Gasteiger partial charge in [0.25, 0.3) is 0 Å². The summed E-state index contributed by atoms with van der Waals surface area (Å²) in [5.41, 5.74) is 0.707. The standard InChI is InChI=1S/C14H25NO2/c1-11(2)13-6-9-15(10-7-13)8-5-12(3)14(16)17-4/h5,11,13H,6-10H2,1-4H3. The van der Waals surface area contributed by atoms with E-state index in [0.29, 0.717) is 5.57 Å². The van der Waals surface area contributed by atoms with E-state index in [1.165, 1.54) is 20.0 Å². The molecule has 3 nitrogen and oxygen atoms in total. The lowest BCUT2D eigenvalue weighted by Crippen LogP contribution is -2.35. The second-order valence-electron chi connectivity index (χ2n) is 5.26. The number of esters is 1. The van der Waals surface area contributed by atoms with Crippen LogP contribution in [0.25, 0.3) is 0 Å². The fraction of sp³-hybridized carbons (Fsp3) is 0.786. The molecular weight excluding hydrogens is 214 g/mol. The maximum Gasteiger partial charge on any atom is 0.333 e. The van der Waals surface area contributed by atoms with Crippen molar-refractivity contribution in [1.29, 1.82) is 0 Å². The van der Waals surface area contributed by atoms with Gasteiger partial charge in [-0.2, -0.15) is 0 Å². The van der Waals surface area contributed by atoms with E-state index in [0.717, 1.165) is 31.5 Å². The summed E-state index contributed by atoms with van der Waals surface area (Å²) in [6.07, 6.45) is 4.53. The van der Waals surface area contributed by atoms with Crippen molar-refractivity contribution < 1.29 is 9.53 Å². The van der Waals surface area contributed by atoms with Crippen molar-refractivity contribution in [1.82, 2.24) is 4.90 Å². The predicted molar refractivity (Wildman–Crippen MR) is 69.8 cm³/mol. The third-order valence-electron chi connectivity index (χ3n) is 3.74. The summed E-state index contributed by atoms with van der Waals surface area (Å²) in [5, 5.41) is 0. The summed E-state index contributed by atoms with van der Waals surface area (Å²) in [6, 6.07) is 0. The highest BCUT2D eigenvalue weighted by Gasteiger charge is 2.20. The van der Waals surface area contributed by atoms with E-state index in [4.69, 9.17) is 0 Å². The van der Waals surface area contributed by atoms with Gasteiger partial charge >= 0.3 is 5.97 Å². The van der Waals surface area contributed by atoms with Gasteiger partial charge in [-0.1, -0.05) is 19.9 Å². The third-order valence-corrected chi connectivity index (χ3v) is 3.74. The first-order valence-corrected chi connectivity index (χ1v) is 6.52. The minimum absolute atomic E-state index is 0.220. The first-order valence-electron chi connectivity index (χ1n) is 6.52. The van der Waals surface area contributed by atoms with Crippen LogP contribution in [0.4, 0.5) is 0 Å². The van der Waals surface area contributed by atoms with E-state index in [1.807, 2.05) is 13.0 Å². The lowest BCUT2D eigenvalue weighted by molar-refractivity contribution is -0.136. The van der Waals surface area contributed by atoms with Gasteiger partial charge in [-0.3, -0.25) is 4.90 Å². The van der Waals surface area contributed by atoms with Gasteiger partial charge in [-0.05, 0) is 44.7 Å². The molecule has 1 heterocycles. The Morgan fingerprint density at radius 1 is 1.41 bits per heavy atom. The highest BCUT2D eigenvalue weighted by Crippen LogP contribution is 2.24. The Kier molecular flexibility index (Phi) is 5.69. The van der Waals surface area contributed by atoms with Gasteiger partial charge < -0.3 is 4.74 Å². The number of hydrogen-bond acceptors (Lipinski definition) is 3. The van der Waals surface area contributed by atoms with Gasteiger partial charge in [0, 0.05) is 12.1 Å². The summed E-state index contributed by atoms with van der Waals surface area (Å²) >= 11 is 0. The number of hydrogen-bond donors (Lipinski definition) is 0. The SMILES string of the molecule is COC(=O)C(C)=CCN1CCC(C(C)C)CC1. The normalized spacial score (nSPS) is 19.7. The Morgan fingerprint density at radius 2 is 2.00 bits per heavy atom. The van der Waals surface area contributed by atoms with Crippen LogP contribution < -0.4 is 0 Å². The average molecular weight is 239 g/mol. The second kappa shape index (κ2) is 6.80. The number of nitrogens with zero attached hydrogens (tertiary/aromatic N) is 1. The van der Waals surface area contributed by atoms with Crippen LogP contribution in [-0.4, -0.2) is 37.6 Å². The van der Waals surface area contributed by atoms with Crippen LogP contribution in [-0.2, 0) is 9.53 Å². The Labute approximate surface area is 105 Å². The maximum absolute atomic E-state index is 11.2. The molecule has 3 heteroatoms. The van der Waals surface area contributed by atoms with Gasteiger partial charge in [0.1, 0.15) is 0 Å². The van der Waals surface area contributed by atoms with Crippen molar-refractivity contribution in [2.75, 3.05) is 26.7 Å². The number of ether oxygens (including phenoxy) is 1. The molecule has 98 valence electrons. The Balaban J connectivity index is 2.34. The summed E-state index contributed by atoms with van der Waals surface area (Å²) in [5.74, 6) is 1.45. The fourth-order valence-corrected chi connectivity index (χ4v) is 2.31. The molecule has 0 amide bonds. The van der Waals surface area contributed by atoms with Crippen molar-refractivity contribution in [3.63, 3.8) is 0 Å². The zero-order valence-electron chi connectivity index (χ0n) is 11.5. The fourth-order valence-electron chi connectivity index (χ4n) is 2.31. The summed E-state index contributed by atoms with van der Waals surface area (Å²) < 4.78 is 4.67. The van der Waals surface area contributed by atoms with E-state index >= 15 is 0 Å². The summed E-state index contributed by atoms with van der Waals surface area (Å²) in [6.45, 7) is 9.59. The molecule has 0 unspecified atom stereocenters. The molecule has 1 aliphatic rings. The van der Waals surface area contributed by atoms with Gasteiger partial charge in [0.15, 0.2) is 0 Å². The van der Waals surface area contributed by atoms with Crippen LogP contribution in [0, 0.1) is 11.8 Å². The molecule has 1 rings (SSSR count). The molecule has 17 heavy (non-hydrogen) atoms. The van der Waals surface area contributed by atoms with E-state index in [-0.39, 0.29) is 5.97 Å². The molecule has 0 radical (unpaired) electrons. The van der Waals surface area contributed by atoms with Crippen LogP contribution >= 0.6 is 0 Å². The van der Waals surface area contributed by atoms with Crippen LogP contribution in [0.3, 0.4) is 0 Å². The molecule has 1 saturated heterocycles. The van der Waals surface area contributed by atoms with Crippen LogP contribution in [0.2, 0.25) is 0 Å². The summed E-state index contributed by atoms with van der Waals surface area (Å²) in [4.78, 5) is 13.6. The Hall–Kier alpha value is -0.830. The van der Waals surface area contributed by atoms with Gasteiger partial charge in [-0.25, -0.2) is 4.79 Å². The van der Waals surface area contributed by atoms with Crippen LogP contribution in [0.15, 0.2) is 11.6 Å². The highest BCUT2D eigenvalue weighted by atomic mass is 16.5. The number of carbonyl (C=O) groups excluding carboxylic acids is 1. The van der Waals surface area contributed by atoms with Gasteiger partial charge in [0.05, 0.1) is 7.11 Å². The number of rotatable bonds is 4. The van der Waals surface area contributed by atoms with Gasteiger partial charge in [0.2, 0.25) is 0 Å². The van der Waals surface area contributed by atoms with E-state index < -0.39 is 0 Å². The zero-order chi connectivity index (χ0) is 12.8. The summed E-state index contributed by atoms with van der Waals surface area (Å²) in [7, 11) is 1.42. The zero-order valence-corrected chi connectivity index (χ0v) is 11.5. The van der Waals surface area contributed by atoms with E-state index in [9.17, 15) is 4.79 Å². The molecule has 0 N–H and O–H groups in total. The minimum Gasteiger partial charge on any atom is -0.466 e. The van der Waals surface area contributed by atoms with Gasteiger partial charge in [-0.15, -0.1) is 0 Å². The lowest BCUT2D eigenvalue weighted by Gasteiger charge is -2.33. The average Bonchev–Trinajstić information content (AvgIpc) is 2.35. The quantitative estimate of drug-likeness (QED) is 0.557. The van der Waals surface area contributed by atoms with Crippen LogP contribution in [0.5, 0.6) is 0 Å². The topological polar surface area (TPSA) is 29.5 Å². The Bertz CT molecular complexity index is 276. The maximum atomic E-state index is 11.2. The number of piperidine rings is 1. The molecule has 0 saturated carbocycles. The molecule has 1 fully saturated rings. The van der Waals surface area contributed by atoms with Crippen molar-refractivity contribution in [2.45, 2.75) is 33.6 Å². The monoisotopic (exact) mass is 239 g/mol. The number of carbonyl (C=O) groups is 1. The van der Waals surface area contributed by atoms with E-state index in [2.05, 4.69) is 23.5 Å². The predicted octanol–water partition coefficient (Wildman–Crippen LogP) is 2.47. The molecule has 0 aliphatic carbocycles. The minimum atomic E-state index is -0.220. The molecule has 0 bridgehead atoms. The van der Waals surface area contributed by atoms with E-state index in [1.54, 1.807) is 0 Å². The number of likely N-dealkylation sites (tertiary alicyclic amines) is 1. The van der Waals surface area contributed by atoms with Crippen molar-refractivity contribution >= 4 is 5.97 Å². The first kappa shape index (κ1) is 14.2. The molecular formula is C14H25NO2.